The van der Waals surface area contributed by atoms with Crippen molar-refractivity contribution in [2.45, 2.75) is 45.1 Å². The van der Waals surface area contributed by atoms with Crippen LogP contribution in [0.2, 0.25) is 0 Å². The minimum atomic E-state index is 0.0937. The zero-order chi connectivity index (χ0) is 15.6. The molecule has 0 radical (unpaired) electrons. The summed E-state index contributed by atoms with van der Waals surface area (Å²) in [5.41, 5.74) is 2.43. The topological polar surface area (TPSA) is 47.4 Å². The maximum atomic E-state index is 12.2. The normalized spacial score (nSPS) is 25.8. The molecular formula is C18H27N3O2. The molecule has 2 fully saturated rings. The molecule has 3 aliphatic rings. The van der Waals surface area contributed by atoms with Crippen molar-refractivity contribution in [1.82, 2.24) is 14.7 Å². The summed E-state index contributed by atoms with van der Waals surface area (Å²) >= 11 is 0. The van der Waals surface area contributed by atoms with E-state index in [0.29, 0.717) is 5.92 Å². The van der Waals surface area contributed by atoms with E-state index < -0.39 is 0 Å². The predicted octanol–water partition coefficient (Wildman–Crippen LogP) is 1.48. The lowest BCUT2D eigenvalue weighted by molar-refractivity contribution is 0.134. The van der Waals surface area contributed by atoms with Crippen molar-refractivity contribution < 1.29 is 4.74 Å². The Labute approximate surface area is 137 Å². The Morgan fingerprint density at radius 1 is 1.13 bits per heavy atom. The lowest BCUT2D eigenvalue weighted by Crippen LogP contribution is -2.39. The standard InChI is InChI=1S/C18H27N3O2/c22-18-10-16-2-1-3-17(16)19-21(18)12-14-4-7-20(8-5-14)11-15-6-9-23-13-15/h10,14-15H,1-9,11-13H2. The second-order valence-corrected chi connectivity index (χ2v) is 7.46. The summed E-state index contributed by atoms with van der Waals surface area (Å²) in [6.07, 6.45) is 6.79. The van der Waals surface area contributed by atoms with E-state index in [0.717, 1.165) is 63.7 Å². The number of aromatic nitrogens is 2. The molecule has 0 spiro atoms. The van der Waals surface area contributed by atoms with Crippen LogP contribution in [0.4, 0.5) is 0 Å². The van der Waals surface area contributed by atoms with Crippen LogP contribution in [0.25, 0.3) is 0 Å². The van der Waals surface area contributed by atoms with Crippen molar-refractivity contribution in [1.29, 1.82) is 0 Å². The largest absolute Gasteiger partial charge is 0.381 e. The van der Waals surface area contributed by atoms with Crippen LogP contribution in [0.5, 0.6) is 0 Å². The SMILES string of the molecule is O=c1cc2c(nn1CC1CCN(CC3CCOC3)CC1)CCC2. The van der Waals surface area contributed by atoms with Crippen molar-refractivity contribution in [2.24, 2.45) is 11.8 Å². The van der Waals surface area contributed by atoms with Gasteiger partial charge in [-0.3, -0.25) is 4.79 Å². The number of aryl methyl sites for hydroxylation is 2. The number of hydrogen-bond donors (Lipinski definition) is 0. The lowest BCUT2D eigenvalue weighted by atomic mass is 9.95. The Kier molecular flexibility index (Phi) is 4.49. The van der Waals surface area contributed by atoms with Crippen LogP contribution < -0.4 is 5.56 Å². The first kappa shape index (κ1) is 15.3. The number of rotatable bonds is 4. The average molecular weight is 317 g/mol. The Bertz CT molecular complexity index is 599. The summed E-state index contributed by atoms with van der Waals surface area (Å²) in [4.78, 5) is 14.8. The molecule has 0 saturated carbocycles. The molecule has 1 aliphatic carbocycles. The molecule has 2 aliphatic heterocycles. The van der Waals surface area contributed by atoms with Gasteiger partial charge in [0.15, 0.2) is 0 Å². The lowest BCUT2D eigenvalue weighted by Gasteiger charge is -2.33. The molecule has 126 valence electrons. The third kappa shape index (κ3) is 3.50. The predicted molar refractivity (Wildman–Crippen MR) is 88.6 cm³/mol. The highest BCUT2D eigenvalue weighted by molar-refractivity contribution is 5.22. The van der Waals surface area contributed by atoms with E-state index in [-0.39, 0.29) is 5.56 Å². The molecule has 1 aromatic rings. The van der Waals surface area contributed by atoms with Gasteiger partial charge in [-0.1, -0.05) is 0 Å². The summed E-state index contributed by atoms with van der Waals surface area (Å²) in [6.45, 7) is 6.17. The molecule has 0 amide bonds. The van der Waals surface area contributed by atoms with E-state index in [1.165, 1.54) is 31.4 Å². The van der Waals surface area contributed by atoms with Gasteiger partial charge in [0, 0.05) is 25.8 Å². The van der Waals surface area contributed by atoms with Crippen molar-refractivity contribution in [3.63, 3.8) is 0 Å². The zero-order valence-corrected chi connectivity index (χ0v) is 13.9. The fraction of sp³-hybridized carbons (Fsp3) is 0.778. The molecule has 1 atom stereocenters. The highest BCUT2D eigenvalue weighted by Crippen LogP contribution is 2.22. The summed E-state index contributed by atoms with van der Waals surface area (Å²) in [5.74, 6) is 1.32. The fourth-order valence-electron chi connectivity index (χ4n) is 4.26. The third-order valence-corrected chi connectivity index (χ3v) is 5.70. The fourth-order valence-corrected chi connectivity index (χ4v) is 4.26. The maximum Gasteiger partial charge on any atom is 0.267 e. The van der Waals surface area contributed by atoms with Gasteiger partial charge in [-0.05, 0) is 69.0 Å². The minimum Gasteiger partial charge on any atom is -0.381 e. The molecule has 3 heterocycles. The second kappa shape index (κ2) is 6.73. The maximum absolute atomic E-state index is 12.2. The van der Waals surface area contributed by atoms with E-state index in [9.17, 15) is 4.79 Å². The van der Waals surface area contributed by atoms with Crippen molar-refractivity contribution >= 4 is 0 Å². The Morgan fingerprint density at radius 3 is 2.78 bits per heavy atom. The molecule has 5 heteroatoms. The highest BCUT2D eigenvalue weighted by atomic mass is 16.5. The quantitative estimate of drug-likeness (QED) is 0.844. The van der Waals surface area contributed by atoms with Crippen LogP contribution in [-0.4, -0.2) is 47.5 Å². The second-order valence-electron chi connectivity index (χ2n) is 7.46. The molecule has 1 aromatic heterocycles. The van der Waals surface area contributed by atoms with Crippen LogP contribution in [0, 0.1) is 11.8 Å². The molecular weight excluding hydrogens is 290 g/mol. The first-order chi connectivity index (χ1) is 11.3. The van der Waals surface area contributed by atoms with Gasteiger partial charge in [0.25, 0.3) is 5.56 Å². The Morgan fingerprint density at radius 2 is 2.00 bits per heavy atom. The molecule has 0 aromatic carbocycles. The first-order valence-electron chi connectivity index (χ1n) is 9.18. The number of piperidine rings is 1. The molecule has 5 nitrogen and oxygen atoms in total. The van der Waals surface area contributed by atoms with Gasteiger partial charge >= 0.3 is 0 Å². The highest BCUT2D eigenvalue weighted by Gasteiger charge is 2.25. The number of fused-ring (bicyclic) bond motifs is 1. The van der Waals surface area contributed by atoms with E-state index >= 15 is 0 Å². The van der Waals surface area contributed by atoms with Gasteiger partial charge in [0.2, 0.25) is 0 Å². The van der Waals surface area contributed by atoms with Crippen LogP contribution in [0.15, 0.2) is 10.9 Å². The Hall–Kier alpha value is -1.20. The van der Waals surface area contributed by atoms with Crippen molar-refractivity contribution in [2.75, 3.05) is 32.8 Å². The van der Waals surface area contributed by atoms with Crippen LogP contribution in [0.3, 0.4) is 0 Å². The molecule has 0 N–H and O–H groups in total. The summed E-state index contributed by atoms with van der Waals surface area (Å²) in [5, 5.41) is 4.62. The van der Waals surface area contributed by atoms with E-state index in [1.54, 1.807) is 4.68 Å². The van der Waals surface area contributed by atoms with Gasteiger partial charge in [-0.15, -0.1) is 0 Å². The molecule has 23 heavy (non-hydrogen) atoms. The van der Waals surface area contributed by atoms with Crippen LogP contribution in [-0.2, 0) is 24.1 Å². The first-order valence-corrected chi connectivity index (χ1v) is 9.18. The van der Waals surface area contributed by atoms with Gasteiger partial charge in [0.05, 0.1) is 12.3 Å². The molecule has 1 unspecified atom stereocenters. The molecule has 4 rings (SSSR count). The Balaban J connectivity index is 1.32. The van der Waals surface area contributed by atoms with Gasteiger partial charge < -0.3 is 9.64 Å². The molecule has 2 saturated heterocycles. The number of nitrogens with zero attached hydrogens (tertiary/aromatic N) is 3. The average Bonchev–Trinajstić information content (AvgIpc) is 3.21. The monoisotopic (exact) mass is 317 g/mol. The number of hydrogen-bond acceptors (Lipinski definition) is 4. The van der Waals surface area contributed by atoms with E-state index in [4.69, 9.17) is 4.74 Å². The van der Waals surface area contributed by atoms with Gasteiger partial charge in [0.1, 0.15) is 0 Å². The summed E-state index contributed by atoms with van der Waals surface area (Å²) < 4.78 is 7.21. The minimum absolute atomic E-state index is 0.0937. The smallest absolute Gasteiger partial charge is 0.267 e. The van der Waals surface area contributed by atoms with Crippen LogP contribution >= 0.6 is 0 Å². The number of ether oxygens (including phenoxy) is 1. The zero-order valence-electron chi connectivity index (χ0n) is 13.9. The van der Waals surface area contributed by atoms with Crippen LogP contribution in [0.1, 0.15) is 36.9 Å². The van der Waals surface area contributed by atoms with Crippen molar-refractivity contribution in [3.8, 4) is 0 Å². The number of likely N-dealkylation sites (tertiary alicyclic amines) is 1. The molecule has 0 bridgehead atoms. The summed E-state index contributed by atoms with van der Waals surface area (Å²) in [7, 11) is 0. The van der Waals surface area contributed by atoms with Crippen molar-refractivity contribution in [3.05, 3.63) is 27.7 Å². The van der Waals surface area contributed by atoms with E-state index in [1.807, 2.05) is 6.07 Å². The van der Waals surface area contributed by atoms with Gasteiger partial charge in [-0.2, -0.15) is 5.10 Å². The summed E-state index contributed by atoms with van der Waals surface area (Å²) in [6, 6.07) is 1.82. The van der Waals surface area contributed by atoms with Gasteiger partial charge in [-0.25, -0.2) is 4.68 Å². The third-order valence-electron chi connectivity index (χ3n) is 5.70. The van der Waals surface area contributed by atoms with E-state index in [2.05, 4.69) is 10.00 Å².